The number of aromatic nitrogens is 2. The molecule has 2 aliphatic rings. The molecule has 0 aromatic carbocycles. The fourth-order valence-electron chi connectivity index (χ4n) is 3.50. The number of aryl methyl sites for hydroxylation is 1. The van der Waals surface area contributed by atoms with Gasteiger partial charge in [-0.3, -0.25) is 0 Å². The summed E-state index contributed by atoms with van der Waals surface area (Å²) in [6.45, 7) is 2.26. The Morgan fingerprint density at radius 1 is 1.15 bits per heavy atom. The van der Waals surface area contributed by atoms with Crippen molar-refractivity contribution < 1.29 is 0 Å². The second-order valence-electron chi connectivity index (χ2n) is 5.88. The van der Waals surface area contributed by atoms with E-state index in [-0.39, 0.29) is 0 Å². The Morgan fingerprint density at radius 2 is 2.05 bits per heavy atom. The predicted octanol–water partition coefficient (Wildman–Crippen LogP) is 3.83. The summed E-state index contributed by atoms with van der Waals surface area (Å²) in [4.78, 5) is 9.07. The normalized spacial score (nSPS) is 26.1. The van der Waals surface area contributed by atoms with Crippen LogP contribution in [-0.2, 0) is 12.8 Å². The summed E-state index contributed by atoms with van der Waals surface area (Å²) in [5, 5.41) is 4.52. The second-order valence-corrected chi connectivity index (χ2v) is 7.40. The summed E-state index contributed by atoms with van der Waals surface area (Å²) in [6, 6.07) is 0.599. The van der Waals surface area contributed by atoms with Crippen LogP contribution in [-0.4, -0.2) is 27.0 Å². The summed E-state index contributed by atoms with van der Waals surface area (Å²) in [5.74, 6) is 2.34. The van der Waals surface area contributed by atoms with E-state index >= 15 is 0 Å². The number of fused-ring (bicyclic) bond motifs is 1. The molecule has 1 heterocycles. The molecule has 2 aliphatic carbocycles. The third-order valence-corrected chi connectivity index (χ3v) is 5.86. The molecule has 1 N–H and O–H groups in total. The molecule has 1 aromatic rings. The van der Waals surface area contributed by atoms with Crippen LogP contribution in [0.3, 0.4) is 0 Å². The van der Waals surface area contributed by atoms with Gasteiger partial charge < -0.3 is 5.32 Å². The van der Waals surface area contributed by atoms with Crippen molar-refractivity contribution in [1.82, 2.24) is 9.97 Å². The summed E-state index contributed by atoms with van der Waals surface area (Å²) in [6.07, 6.45) is 11.9. The van der Waals surface area contributed by atoms with Crippen molar-refractivity contribution in [2.45, 2.75) is 69.6 Å². The highest BCUT2D eigenvalue weighted by Crippen LogP contribution is 2.33. The largest absolute Gasteiger partial charge is 0.366 e. The maximum Gasteiger partial charge on any atom is 0.133 e. The van der Waals surface area contributed by atoms with E-state index in [2.05, 4.69) is 34.0 Å². The average Bonchev–Trinajstić information content (AvgIpc) is 2.75. The lowest BCUT2D eigenvalue weighted by Gasteiger charge is -2.22. The van der Waals surface area contributed by atoms with E-state index < -0.39 is 0 Å². The first-order valence-electron chi connectivity index (χ1n) is 8.09. The summed E-state index contributed by atoms with van der Waals surface area (Å²) in [5.41, 5.74) is 2.69. The number of nitrogens with one attached hydrogen (secondary N) is 1. The van der Waals surface area contributed by atoms with Gasteiger partial charge >= 0.3 is 0 Å². The quantitative estimate of drug-likeness (QED) is 0.856. The summed E-state index contributed by atoms with van der Waals surface area (Å²) >= 11 is 2.10. The van der Waals surface area contributed by atoms with E-state index in [9.17, 15) is 0 Å². The fourth-order valence-corrected chi connectivity index (χ4v) is 4.70. The highest BCUT2D eigenvalue weighted by atomic mass is 32.2. The summed E-state index contributed by atoms with van der Waals surface area (Å²) in [7, 11) is 0. The van der Waals surface area contributed by atoms with Gasteiger partial charge in [-0.25, -0.2) is 9.97 Å². The highest BCUT2D eigenvalue weighted by Gasteiger charge is 2.28. The van der Waals surface area contributed by atoms with Gasteiger partial charge in [0.2, 0.25) is 0 Å². The van der Waals surface area contributed by atoms with Gasteiger partial charge in [0.1, 0.15) is 12.1 Å². The highest BCUT2D eigenvalue weighted by molar-refractivity contribution is 7.99. The van der Waals surface area contributed by atoms with Gasteiger partial charge in [0.05, 0.1) is 0 Å². The van der Waals surface area contributed by atoms with Crippen LogP contribution in [0.1, 0.15) is 56.7 Å². The van der Waals surface area contributed by atoms with Crippen LogP contribution in [0, 0.1) is 0 Å². The average molecular weight is 291 g/mol. The van der Waals surface area contributed by atoms with Crippen molar-refractivity contribution in [1.29, 1.82) is 0 Å². The SMILES string of the molecule is CCSC1CCCC1Nc1ncnc2c1CCCCC2. The molecule has 1 aromatic heterocycles. The standard InChI is InChI=1S/C16H25N3S/c1-2-20-15-10-6-9-14(15)19-16-12-7-4-3-5-8-13(12)17-11-18-16/h11,14-15H,2-10H2,1H3,(H,17,18,19). The molecule has 1 fully saturated rings. The molecule has 2 atom stereocenters. The van der Waals surface area contributed by atoms with Crippen molar-refractivity contribution in [3.8, 4) is 0 Å². The Kier molecular flexibility index (Phi) is 4.81. The molecule has 0 aliphatic heterocycles. The number of hydrogen-bond acceptors (Lipinski definition) is 4. The van der Waals surface area contributed by atoms with Crippen molar-refractivity contribution in [3.05, 3.63) is 17.6 Å². The first-order chi connectivity index (χ1) is 9.88. The maximum absolute atomic E-state index is 4.56. The van der Waals surface area contributed by atoms with E-state index in [0.29, 0.717) is 6.04 Å². The van der Waals surface area contributed by atoms with E-state index in [1.807, 2.05) is 0 Å². The van der Waals surface area contributed by atoms with Gasteiger partial charge in [0.15, 0.2) is 0 Å². The van der Waals surface area contributed by atoms with Crippen LogP contribution in [0.2, 0.25) is 0 Å². The Morgan fingerprint density at radius 3 is 2.95 bits per heavy atom. The van der Waals surface area contributed by atoms with E-state index in [4.69, 9.17) is 0 Å². The number of nitrogens with zero attached hydrogens (tertiary/aromatic N) is 2. The molecule has 1 saturated carbocycles. The first-order valence-corrected chi connectivity index (χ1v) is 9.14. The lowest BCUT2D eigenvalue weighted by atomic mass is 10.1. The van der Waals surface area contributed by atoms with Crippen molar-refractivity contribution in [2.24, 2.45) is 0 Å². The fraction of sp³-hybridized carbons (Fsp3) is 0.750. The van der Waals surface area contributed by atoms with Gasteiger partial charge in [-0.05, 0) is 44.3 Å². The van der Waals surface area contributed by atoms with E-state index in [1.165, 1.54) is 55.5 Å². The van der Waals surface area contributed by atoms with Gasteiger partial charge in [-0.1, -0.05) is 19.8 Å². The Bertz CT molecular complexity index is 449. The topological polar surface area (TPSA) is 37.8 Å². The van der Waals surface area contributed by atoms with Gasteiger partial charge in [-0.15, -0.1) is 0 Å². The zero-order chi connectivity index (χ0) is 13.8. The molecular weight excluding hydrogens is 266 g/mol. The van der Waals surface area contributed by atoms with Crippen LogP contribution in [0.25, 0.3) is 0 Å². The molecule has 0 amide bonds. The zero-order valence-corrected chi connectivity index (χ0v) is 13.2. The molecule has 3 rings (SSSR count). The van der Waals surface area contributed by atoms with Crippen LogP contribution in [0.5, 0.6) is 0 Å². The molecule has 20 heavy (non-hydrogen) atoms. The molecule has 4 heteroatoms. The molecule has 2 unspecified atom stereocenters. The Hall–Kier alpha value is -0.770. The number of anilines is 1. The van der Waals surface area contributed by atoms with E-state index in [1.54, 1.807) is 6.33 Å². The monoisotopic (exact) mass is 291 g/mol. The lowest BCUT2D eigenvalue weighted by molar-refractivity contribution is 0.708. The number of hydrogen-bond donors (Lipinski definition) is 1. The van der Waals surface area contributed by atoms with Crippen LogP contribution < -0.4 is 5.32 Å². The Balaban J connectivity index is 1.77. The number of rotatable bonds is 4. The minimum Gasteiger partial charge on any atom is -0.366 e. The van der Waals surface area contributed by atoms with Gasteiger partial charge in [-0.2, -0.15) is 11.8 Å². The smallest absolute Gasteiger partial charge is 0.133 e. The Labute approximate surface area is 126 Å². The van der Waals surface area contributed by atoms with Gasteiger partial charge in [0.25, 0.3) is 0 Å². The van der Waals surface area contributed by atoms with Crippen molar-refractivity contribution >= 4 is 17.6 Å². The maximum atomic E-state index is 4.56. The zero-order valence-electron chi connectivity index (χ0n) is 12.4. The minimum atomic E-state index is 0.599. The third kappa shape index (κ3) is 3.11. The third-order valence-electron chi connectivity index (χ3n) is 4.53. The molecular formula is C16H25N3S. The van der Waals surface area contributed by atoms with E-state index in [0.717, 1.165) is 23.9 Å². The lowest BCUT2D eigenvalue weighted by Crippen LogP contribution is -2.27. The first kappa shape index (κ1) is 14.2. The molecule has 0 radical (unpaired) electrons. The van der Waals surface area contributed by atoms with Crippen LogP contribution in [0.15, 0.2) is 6.33 Å². The van der Waals surface area contributed by atoms with Crippen LogP contribution >= 0.6 is 11.8 Å². The minimum absolute atomic E-state index is 0.599. The molecule has 0 bridgehead atoms. The predicted molar refractivity (Wildman–Crippen MR) is 86.5 cm³/mol. The summed E-state index contributed by atoms with van der Waals surface area (Å²) < 4.78 is 0. The molecule has 0 saturated heterocycles. The molecule has 0 spiro atoms. The number of thioether (sulfide) groups is 1. The molecule has 110 valence electrons. The van der Waals surface area contributed by atoms with Crippen molar-refractivity contribution in [3.63, 3.8) is 0 Å². The van der Waals surface area contributed by atoms with Gasteiger partial charge in [0, 0.05) is 22.5 Å². The molecule has 3 nitrogen and oxygen atoms in total. The van der Waals surface area contributed by atoms with Crippen LogP contribution in [0.4, 0.5) is 5.82 Å². The van der Waals surface area contributed by atoms with Crippen molar-refractivity contribution in [2.75, 3.05) is 11.1 Å². The second kappa shape index (κ2) is 6.79.